The van der Waals surface area contributed by atoms with Gasteiger partial charge in [-0.25, -0.2) is 0 Å². The predicted molar refractivity (Wildman–Crippen MR) is 103 cm³/mol. The van der Waals surface area contributed by atoms with Crippen LogP contribution in [-0.2, 0) is 13.2 Å². The lowest BCUT2D eigenvalue weighted by Crippen LogP contribution is -1.95. The highest BCUT2D eigenvalue weighted by molar-refractivity contribution is 6.06. The summed E-state index contributed by atoms with van der Waals surface area (Å²) in [6, 6.07) is 16.0. The van der Waals surface area contributed by atoms with Gasteiger partial charge in [0.1, 0.15) is 12.4 Å². The Bertz CT molecular complexity index is 891. The SMILES string of the molecule is CCn1cc(C(=O)/C=C/c2ccc(OCc3ccc(C)cc3)cc2)cn1. The highest BCUT2D eigenvalue weighted by atomic mass is 16.5. The number of carbonyl (C=O) groups excluding carboxylic acids is 1. The maximum atomic E-state index is 12.1. The first kappa shape index (κ1) is 17.7. The monoisotopic (exact) mass is 346 g/mol. The average molecular weight is 346 g/mol. The quantitative estimate of drug-likeness (QED) is 0.461. The number of carbonyl (C=O) groups is 1. The van der Waals surface area contributed by atoms with Crippen LogP contribution in [0.5, 0.6) is 5.75 Å². The van der Waals surface area contributed by atoms with E-state index in [9.17, 15) is 4.79 Å². The van der Waals surface area contributed by atoms with Gasteiger partial charge in [-0.3, -0.25) is 9.48 Å². The maximum absolute atomic E-state index is 12.1. The minimum Gasteiger partial charge on any atom is -0.489 e. The van der Waals surface area contributed by atoms with Gasteiger partial charge >= 0.3 is 0 Å². The number of nitrogens with zero attached hydrogens (tertiary/aromatic N) is 2. The van der Waals surface area contributed by atoms with E-state index in [0.29, 0.717) is 12.2 Å². The van der Waals surface area contributed by atoms with Crippen LogP contribution in [0.25, 0.3) is 6.08 Å². The zero-order valence-electron chi connectivity index (χ0n) is 15.1. The highest BCUT2D eigenvalue weighted by Gasteiger charge is 2.04. The number of ether oxygens (including phenoxy) is 1. The first-order valence-corrected chi connectivity index (χ1v) is 8.67. The fourth-order valence-corrected chi connectivity index (χ4v) is 2.46. The molecule has 3 aromatic rings. The highest BCUT2D eigenvalue weighted by Crippen LogP contribution is 2.16. The molecule has 0 saturated heterocycles. The molecule has 132 valence electrons. The molecule has 1 heterocycles. The Balaban J connectivity index is 1.56. The van der Waals surface area contributed by atoms with Crippen LogP contribution in [0.3, 0.4) is 0 Å². The molecule has 26 heavy (non-hydrogen) atoms. The maximum Gasteiger partial charge on any atom is 0.189 e. The van der Waals surface area contributed by atoms with Crippen molar-refractivity contribution in [3.8, 4) is 5.75 Å². The number of ketones is 1. The summed E-state index contributed by atoms with van der Waals surface area (Å²) in [7, 11) is 0. The number of allylic oxidation sites excluding steroid dienone is 1. The van der Waals surface area contributed by atoms with E-state index < -0.39 is 0 Å². The molecule has 0 saturated carbocycles. The number of aromatic nitrogens is 2. The standard InChI is InChI=1S/C22H22N2O2/c1-3-24-15-20(14-23-24)22(25)13-10-18-8-11-21(12-9-18)26-16-19-6-4-17(2)5-7-19/h4-15H,3,16H2,1-2H3/b13-10+. The molecule has 0 spiro atoms. The van der Waals surface area contributed by atoms with Crippen molar-refractivity contribution in [2.24, 2.45) is 0 Å². The lowest BCUT2D eigenvalue weighted by atomic mass is 10.1. The van der Waals surface area contributed by atoms with Gasteiger partial charge in [-0.1, -0.05) is 48.0 Å². The van der Waals surface area contributed by atoms with Gasteiger partial charge in [-0.15, -0.1) is 0 Å². The largest absolute Gasteiger partial charge is 0.489 e. The Kier molecular flexibility index (Phi) is 5.64. The summed E-state index contributed by atoms with van der Waals surface area (Å²) >= 11 is 0. The lowest BCUT2D eigenvalue weighted by Gasteiger charge is -2.07. The van der Waals surface area contributed by atoms with Gasteiger partial charge in [0.05, 0.1) is 11.8 Å². The van der Waals surface area contributed by atoms with Gasteiger partial charge in [-0.05, 0) is 43.2 Å². The summed E-state index contributed by atoms with van der Waals surface area (Å²) in [4.78, 5) is 12.1. The minimum atomic E-state index is -0.0515. The number of benzene rings is 2. The van der Waals surface area contributed by atoms with Gasteiger partial charge < -0.3 is 4.74 Å². The smallest absolute Gasteiger partial charge is 0.189 e. The van der Waals surface area contributed by atoms with E-state index in [-0.39, 0.29) is 5.78 Å². The van der Waals surface area contributed by atoms with E-state index in [1.54, 1.807) is 29.2 Å². The summed E-state index contributed by atoms with van der Waals surface area (Å²) in [6.45, 7) is 5.34. The van der Waals surface area contributed by atoms with Crippen molar-refractivity contribution in [2.45, 2.75) is 27.0 Å². The Morgan fingerprint density at radius 1 is 1.12 bits per heavy atom. The second kappa shape index (κ2) is 8.30. The summed E-state index contributed by atoms with van der Waals surface area (Å²) in [5.41, 5.74) is 3.92. The second-order valence-corrected chi connectivity index (χ2v) is 6.13. The summed E-state index contributed by atoms with van der Waals surface area (Å²) in [5.74, 6) is 0.752. The topological polar surface area (TPSA) is 44.1 Å². The molecule has 0 N–H and O–H groups in total. The average Bonchev–Trinajstić information content (AvgIpc) is 3.16. The molecule has 0 unspecified atom stereocenters. The van der Waals surface area contributed by atoms with Crippen molar-refractivity contribution in [2.75, 3.05) is 0 Å². The van der Waals surface area contributed by atoms with Crippen molar-refractivity contribution in [3.63, 3.8) is 0 Å². The zero-order chi connectivity index (χ0) is 18.4. The van der Waals surface area contributed by atoms with E-state index in [2.05, 4.69) is 36.3 Å². The predicted octanol–water partition coefficient (Wildman–Crippen LogP) is 4.69. The van der Waals surface area contributed by atoms with Gasteiger partial charge in [0.15, 0.2) is 5.78 Å². The van der Waals surface area contributed by atoms with Gasteiger partial charge in [0.25, 0.3) is 0 Å². The zero-order valence-corrected chi connectivity index (χ0v) is 15.1. The van der Waals surface area contributed by atoms with E-state index in [4.69, 9.17) is 4.74 Å². The normalized spacial score (nSPS) is 11.0. The summed E-state index contributed by atoms with van der Waals surface area (Å²) in [5, 5.41) is 4.12. The van der Waals surface area contributed by atoms with Crippen LogP contribution in [0.15, 0.2) is 67.0 Å². The van der Waals surface area contributed by atoms with Crippen LogP contribution in [0.1, 0.15) is 34.0 Å². The van der Waals surface area contributed by atoms with E-state index in [1.165, 1.54) is 5.56 Å². The van der Waals surface area contributed by atoms with Crippen LogP contribution in [0, 0.1) is 6.92 Å². The third kappa shape index (κ3) is 4.70. The van der Waals surface area contributed by atoms with Crippen molar-refractivity contribution in [1.82, 2.24) is 9.78 Å². The molecule has 0 aliphatic rings. The molecule has 0 radical (unpaired) electrons. The molecular weight excluding hydrogens is 324 g/mol. The molecule has 0 amide bonds. The van der Waals surface area contributed by atoms with Gasteiger partial charge in [0, 0.05) is 12.7 Å². The molecular formula is C22H22N2O2. The van der Waals surface area contributed by atoms with Crippen molar-refractivity contribution >= 4 is 11.9 Å². The third-order valence-electron chi connectivity index (χ3n) is 4.08. The van der Waals surface area contributed by atoms with E-state index in [1.807, 2.05) is 31.2 Å². The molecule has 4 heteroatoms. The molecule has 0 fully saturated rings. The molecule has 0 aliphatic heterocycles. The van der Waals surface area contributed by atoms with Crippen molar-refractivity contribution < 1.29 is 9.53 Å². The molecule has 0 aliphatic carbocycles. The minimum absolute atomic E-state index is 0.0515. The van der Waals surface area contributed by atoms with Gasteiger partial charge in [0.2, 0.25) is 0 Å². The van der Waals surface area contributed by atoms with Crippen LogP contribution in [-0.4, -0.2) is 15.6 Å². The van der Waals surface area contributed by atoms with Crippen LogP contribution >= 0.6 is 0 Å². The number of aryl methyl sites for hydroxylation is 2. The number of hydrogen-bond acceptors (Lipinski definition) is 3. The Hall–Kier alpha value is -3.14. The second-order valence-electron chi connectivity index (χ2n) is 6.13. The van der Waals surface area contributed by atoms with Gasteiger partial charge in [-0.2, -0.15) is 5.10 Å². The van der Waals surface area contributed by atoms with Crippen LogP contribution in [0.2, 0.25) is 0 Å². The fourth-order valence-electron chi connectivity index (χ4n) is 2.46. The van der Waals surface area contributed by atoms with E-state index >= 15 is 0 Å². The van der Waals surface area contributed by atoms with Crippen LogP contribution in [0.4, 0.5) is 0 Å². The van der Waals surface area contributed by atoms with Crippen molar-refractivity contribution in [1.29, 1.82) is 0 Å². The van der Waals surface area contributed by atoms with E-state index in [0.717, 1.165) is 23.4 Å². The molecule has 3 rings (SSSR count). The summed E-state index contributed by atoms with van der Waals surface area (Å²) in [6.07, 6.45) is 6.72. The molecule has 1 aromatic heterocycles. The first-order chi connectivity index (χ1) is 12.6. The molecule has 0 bridgehead atoms. The number of hydrogen-bond donors (Lipinski definition) is 0. The summed E-state index contributed by atoms with van der Waals surface area (Å²) < 4.78 is 7.53. The number of rotatable bonds is 7. The third-order valence-corrected chi connectivity index (χ3v) is 4.08. The fraction of sp³-hybridized carbons (Fsp3) is 0.182. The Morgan fingerprint density at radius 3 is 2.50 bits per heavy atom. The van der Waals surface area contributed by atoms with Crippen LogP contribution < -0.4 is 4.74 Å². The Labute approximate surface area is 153 Å². The first-order valence-electron chi connectivity index (χ1n) is 8.67. The molecule has 2 aromatic carbocycles. The Morgan fingerprint density at radius 2 is 1.85 bits per heavy atom. The lowest BCUT2D eigenvalue weighted by molar-refractivity contribution is 0.104. The molecule has 0 atom stereocenters. The van der Waals surface area contributed by atoms with Crippen molar-refractivity contribution in [3.05, 3.63) is 89.3 Å². The molecule has 4 nitrogen and oxygen atoms in total.